The van der Waals surface area contributed by atoms with Crippen molar-refractivity contribution in [1.29, 1.82) is 0 Å². The van der Waals surface area contributed by atoms with Gasteiger partial charge in [0, 0.05) is 10.0 Å². The zero-order valence-electron chi connectivity index (χ0n) is 19.7. The molecule has 1 heterocycles. The molecule has 1 aliphatic heterocycles. The van der Waals surface area contributed by atoms with Crippen molar-refractivity contribution >= 4 is 29.0 Å². The number of hydrogen-bond acceptors (Lipinski definition) is 3. The van der Waals surface area contributed by atoms with E-state index >= 15 is 0 Å². The molecule has 0 bridgehead atoms. The molecule has 33 heavy (non-hydrogen) atoms. The van der Waals surface area contributed by atoms with Gasteiger partial charge < -0.3 is 10.1 Å². The normalized spacial score (nSPS) is 22.2. The lowest BCUT2D eigenvalue weighted by molar-refractivity contribution is 0.268. The van der Waals surface area contributed by atoms with Crippen molar-refractivity contribution in [2.75, 3.05) is 6.61 Å². The number of benzene rings is 3. The summed E-state index contributed by atoms with van der Waals surface area (Å²) < 4.78 is 6.06. The molecule has 0 saturated heterocycles. The third-order valence-corrected chi connectivity index (χ3v) is 7.24. The molecule has 3 nitrogen and oxygen atoms in total. The number of rotatable bonds is 6. The highest BCUT2D eigenvalue weighted by Crippen LogP contribution is 2.48. The van der Waals surface area contributed by atoms with Crippen molar-refractivity contribution in [3.05, 3.63) is 99.0 Å². The summed E-state index contributed by atoms with van der Waals surface area (Å²) in [6.45, 7) is 11.3. The summed E-state index contributed by atoms with van der Waals surface area (Å²) in [6.07, 6.45) is 0. The van der Waals surface area contributed by atoms with Gasteiger partial charge in [-0.2, -0.15) is 0 Å². The van der Waals surface area contributed by atoms with E-state index in [4.69, 9.17) is 32.9 Å². The number of hydrogen-bond donors (Lipinski definition) is 1. The maximum absolute atomic E-state index is 6.21. The molecule has 0 radical (unpaired) electrons. The van der Waals surface area contributed by atoms with E-state index in [1.807, 2.05) is 31.2 Å². The Morgan fingerprint density at radius 3 is 2.00 bits per heavy atom. The second-order valence-electron chi connectivity index (χ2n) is 9.14. The molecule has 3 aromatic carbocycles. The number of halogens is 2. The van der Waals surface area contributed by atoms with E-state index in [-0.39, 0.29) is 0 Å². The van der Waals surface area contributed by atoms with Crippen LogP contribution >= 0.6 is 23.2 Å². The topological polar surface area (TPSA) is 33.6 Å². The zero-order chi connectivity index (χ0) is 23.8. The minimum absolute atomic E-state index is 0.412. The molecule has 3 aromatic rings. The molecule has 5 heteroatoms. The number of nitrogens with one attached hydrogen (secondary N) is 1. The maximum atomic E-state index is 6.21. The predicted molar refractivity (Wildman–Crippen MR) is 139 cm³/mol. The molecule has 0 aromatic heterocycles. The fourth-order valence-corrected chi connectivity index (χ4v) is 4.73. The van der Waals surface area contributed by atoms with Crippen LogP contribution in [0, 0.1) is 0 Å². The van der Waals surface area contributed by atoms with Crippen molar-refractivity contribution in [1.82, 2.24) is 5.32 Å². The van der Waals surface area contributed by atoms with Gasteiger partial charge >= 0.3 is 0 Å². The Morgan fingerprint density at radius 1 is 0.879 bits per heavy atom. The monoisotopic (exact) mass is 480 g/mol. The maximum Gasteiger partial charge on any atom is 0.133 e. The Kier molecular flexibility index (Phi) is 6.48. The molecular weight excluding hydrogens is 451 g/mol. The highest BCUT2D eigenvalue weighted by atomic mass is 35.5. The van der Waals surface area contributed by atoms with Gasteiger partial charge in [0.05, 0.1) is 17.7 Å². The summed E-state index contributed by atoms with van der Waals surface area (Å²) in [4.78, 5) is 5.31. The molecule has 0 spiro atoms. The van der Waals surface area contributed by atoms with E-state index in [0.717, 1.165) is 28.3 Å². The lowest BCUT2D eigenvalue weighted by Crippen LogP contribution is -2.50. The van der Waals surface area contributed by atoms with Crippen molar-refractivity contribution in [3.63, 3.8) is 0 Å². The summed E-state index contributed by atoms with van der Waals surface area (Å²) >= 11 is 12.4. The summed E-state index contributed by atoms with van der Waals surface area (Å²) in [5.74, 6) is 2.06. The molecule has 172 valence electrons. The average molecular weight is 481 g/mol. The van der Waals surface area contributed by atoms with Crippen LogP contribution in [0.3, 0.4) is 0 Å². The number of amidine groups is 1. The van der Waals surface area contributed by atoms with Crippen LogP contribution in [0.2, 0.25) is 10.0 Å². The van der Waals surface area contributed by atoms with E-state index < -0.39 is 11.1 Å². The quantitative estimate of drug-likeness (QED) is 0.392. The van der Waals surface area contributed by atoms with Gasteiger partial charge in [-0.25, -0.2) is 0 Å². The van der Waals surface area contributed by atoms with Gasteiger partial charge in [-0.1, -0.05) is 67.4 Å². The first-order valence-corrected chi connectivity index (χ1v) is 12.1. The Hall–Kier alpha value is -2.49. The molecule has 0 amide bonds. The third kappa shape index (κ3) is 4.25. The first kappa shape index (κ1) is 23.7. The molecule has 0 saturated carbocycles. The Bertz CT molecular complexity index is 1170. The van der Waals surface area contributed by atoms with Gasteiger partial charge in [0.15, 0.2) is 0 Å². The molecule has 4 rings (SSSR count). The van der Waals surface area contributed by atoms with Gasteiger partial charge in [0.25, 0.3) is 0 Å². The predicted octanol–water partition coefficient (Wildman–Crippen LogP) is 7.70. The largest absolute Gasteiger partial charge is 0.493 e. The molecule has 0 unspecified atom stereocenters. The van der Waals surface area contributed by atoms with Crippen LogP contribution in [0.25, 0.3) is 0 Å². The number of ether oxygens (including phenoxy) is 1. The van der Waals surface area contributed by atoms with Crippen LogP contribution in [0.1, 0.15) is 62.8 Å². The van der Waals surface area contributed by atoms with E-state index in [1.165, 1.54) is 5.56 Å². The second kappa shape index (κ2) is 9.04. The smallest absolute Gasteiger partial charge is 0.133 e. The number of nitrogens with zero attached hydrogens (tertiary/aromatic N) is 1. The lowest BCUT2D eigenvalue weighted by Gasteiger charge is -2.40. The second-order valence-corrected chi connectivity index (χ2v) is 10.0. The highest BCUT2D eigenvalue weighted by molar-refractivity contribution is 6.30. The van der Waals surface area contributed by atoms with Crippen molar-refractivity contribution in [2.24, 2.45) is 4.99 Å². The molecular formula is C28H30Cl2N2O. The first-order valence-electron chi connectivity index (χ1n) is 11.3. The van der Waals surface area contributed by atoms with E-state index in [1.54, 1.807) is 0 Å². The van der Waals surface area contributed by atoms with Gasteiger partial charge in [0.2, 0.25) is 0 Å². The summed E-state index contributed by atoms with van der Waals surface area (Å²) in [5.41, 5.74) is 3.24. The Balaban J connectivity index is 1.89. The van der Waals surface area contributed by atoms with E-state index in [9.17, 15) is 0 Å². The molecule has 0 aliphatic carbocycles. The van der Waals surface area contributed by atoms with Crippen LogP contribution < -0.4 is 10.1 Å². The molecule has 1 N–H and O–H groups in total. The lowest BCUT2D eigenvalue weighted by atomic mass is 9.72. The third-order valence-electron chi connectivity index (χ3n) is 6.73. The minimum atomic E-state index is -0.596. The van der Waals surface area contributed by atoms with Crippen molar-refractivity contribution in [3.8, 4) is 5.75 Å². The summed E-state index contributed by atoms with van der Waals surface area (Å²) in [7, 11) is 0. The average Bonchev–Trinajstić information content (AvgIpc) is 3.07. The van der Waals surface area contributed by atoms with Crippen molar-refractivity contribution < 1.29 is 4.74 Å². The van der Waals surface area contributed by atoms with E-state index in [0.29, 0.717) is 22.6 Å². The zero-order valence-corrected chi connectivity index (χ0v) is 21.3. The molecule has 2 atom stereocenters. The summed E-state index contributed by atoms with van der Waals surface area (Å²) in [5, 5.41) is 5.17. The minimum Gasteiger partial charge on any atom is -0.493 e. The van der Waals surface area contributed by atoms with Crippen LogP contribution in [0.15, 0.2) is 71.7 Å². The SMILES string of the molecule is CCOc1cc(C(C)C)ccc1C1=N[C@@](C)(c2ccc(Cl)cc2)[C@](C)(c2ccc(Cl)cc2)N1. The first-order chi connectivity index (χ1) is 15.7. The summed E-state index contributed by atoms with van der Waals surface area (Å²) in [6, 6.07) is 22.3. The van der Waals surface area contributed by atoms with Gasteiger partial charge in [-0.3, -0.25) is 4.99 Å². The fourth-order valence-electron chi connectivity index (χ4n) is 4.48. The van der Waals surface area contributed by atoms with Crippen LogP contribution in [-0.2, 0) is 11.1 Å². The Labute approximate surface area is 206 Å². The van der Waals surface area contributed by atoms with Crippen LogP contribution in [0.4, 0.5) is 0 Å². The molecule has 0 fully saturated rings. The standard InChI is InChI=1S/C28H30Cl2N2O/c1-6-33-25-17-19(18(2)3)7-16-24(25)26-31-27(4,20-8-12-22(29)13-9-20)28(5,32-26)21-10-14-23(30)15-11-21/h7-18H,6H2,1-5H3,(H,31,32)/t27-,28-/m0/s1. The molecule has 1 aliphatic rings. The van der Waals surface area contributed by atoms with Gasteiger partial charge in [-0.05, 0) is 79.8 Å². The highest BCUT2D eigenvalue weighted by Gasteiger charge is 2.52. The number of aliphatic imine (C=N–C) groups is 1. The van der Waals surface area contributed by atoms with Crippen LogP contribution in [0.5, 0.6) is 5.75 Å². The van der Waals surface area contributed by atoms with Crippen molar-refractivity contribution in [2.45, 2.75) is 51.6 Å². The Morgan fingerprint density at radius 2 is 1.45 bits per heavy atom. The van der Waals surface area contributed by atoms with E-state index in [2.05, 4.69) is 75.5 Å². The van der Waals surface area contributed by atoms with Gasteiger partial charge in [0.1, 0.15) is 17.1 Å². The fraction of sp³-hybridized carbons (Fsp3) is 0.321. The van der Waals surface area contributed by atoms with Crippen LogP contribution in [-0.4, -0.2) is 12.4 Å². The van der Waals surface area contributed by atoms with Gasteiger partial charge in [-0.15, -0.1) is 0 Å².